The molecule has 0 saturated heterocycles. The van der Waals surface area contributed by atoms with Crippen molar-refractivity contribution in [2.45, 2.75) is 33.9 Å². The predicted molar refractivity (Wildman–Crippen MR) is 83.9 cm³/mol. The van der Waals surface area contributed by atoms with Gasteiger partial charge in [0.05, 0.1) is 23.0 Å². The third kappa shape index (κ3) is 3.12. The normalized spacial score (nSPS) is 10.8. The Morgan fingerprint density at radius 2 is 2.11 bits per heavy atom. The molecule has 1 N–H and O–H groups in total. The summed E-state index contributed by atoms with van der Waals surface area (Å²) in [6, 6.07) is 6.20. The van der Waals surface area contributed by atoms with Crippen LogP contribution in [-0.2, 0) is 13.1 Å². The zero-order valence-electron chi connectivity index (χ0n) is 11.3. The zero-order chi connectivity index (χ0) is 14.0. The highest BCUT2D eigenvalue weighted by molar-refractivity contribution is 9.10. The van der Waals surface area contributed by atoms with Crippen molar-refractivity contribution in [3.05, 3.63) is 44.6 Å². The smallest absolute Gasteiger partial charge is 0.0865 e. The summed E-state index contributed by atoms with van der Waals surface area (Å²) < 4.78 is 3.06. The molecule has 19 heavy (non-hydrogen) atoms. The van der Waals surface area contributed by atoms with Crippen molar-refractivity contribution in [2.75, 3.05) is 5.32 Å². The van der Waals surface area contributed by atoms with Crippen LogP contribution in [0.3, 0.4) is 0 Å². The van der Waals surface area contributed by atoms with Gasteiger partial charge >= 0.3 is 0 Å². The summed E-state index contributed by atoms with van der Waals surface area (Å²) in [4.78, 5) is 0. The molecule has 0 aliphatic heterocycles. The molecule has 0 fully saturated rings. The number of nitrogens with zero attached hydrogens (tertiary/aromatic N) is 2. The second kappa shape index (κ2) is 5.97. The molecule has 0 aliphatic rings. The number of aryl methyl sites for hydroxylation is 3. The molecule has 0 bridgehead atoms. The average Bonchev–Trinajstić information content (AvgIpc) is 2.67. The van der Waals surface area contributed by atoms with Gasteiger partial charge in [0, 0.05) is 16.7 Å². The van der Waals surface area contributed by atoms with Crippen LogP contribution in [0.15, 0.2) is 22.7 Å². The van der Waals surface area contributed by atoms with Crippen molar-refractivity contribution in [3.8, 4) is 0 Å². The van der Waals surface area contributed by atoms with Gasteiger partial charge in [-0.15, -0.1) is 0 Å². The monoisotopic (exact) mass is 341 g/mol. The fourth-order valence-corrected chi connectivity index (χ4v) is 2.43. The number of hydrogen-bond donors (Lipinski definition) is 1. The highest BCUT2D eigenvalue weighted by atomic mass is 79.9. The molecule has 102 valence electrons. The molecule has 1 aromatic heterocycles. The Morgan fingerprint density at radius 3 is 2.74 bits per heavy atom. The maximum Gasteiger partial charge on any atom is 0.0865 e. The van der Waals surface area contributed by atoms with Crippen LogP contribution in [0.1, 0.15) is 23.9 Å². The van der Waals surface area contributed by atoms with Gasteiger partial charge in [-0.05, 0) is 44.5 Å². The van der Waals surface area contributed by atoms with Crippen LogP contribution in [0, 0.1) is 13.8 Å². The Kier molecular flexibility index (Phi) is 4.53. The van der Waals surface area contributed by atoms with Gasteiger partial charge in [-0.3, -0.25) is 4.68 Å². The predicted octanol–water partition coefficient (Wildman–Crippen LogP) is 4.55. The molecule has 0 atom stereocenters. The second-order valence-electron chi connectivity index (χ2n) is 4.48. The third-order valence-electron chi connectivity index (χ3n) is 3.07. The summed E-state index contributed by atoms with van der Waals surface area (Å²) in [5, 5.41) is 8.55. The van der Waals surface area contributed by atoms with E-state index in [2.05, 4.69) is 46.3 Å². The minimum absolute atomic E-state index is 0.675. The number of halogens is 2. The number of hydrogen-bond acceptors (Lipinski definition) is 2. The molecule has 2 rings (SSSR count). The van der Waals surface area contributed by atoms with Gasteiger partial charge in [-0.25, -0.2) is 0 Å². The molecule has 1 aromatic carbocycles. The Labute approximate surface area is 127 Å². The Balaban J connectivity index is 2.16. The van der Waals surface area contributed by atoms with Crippen molar-refractivity contribution in [3.63, 3.8) is 0 Å². The lowest BCUT2D eigenvalue weighted by atomic mass is 10.2. The molecule has 1 heterocycles. The summed E-state index contributed by atoms with van der Waals surface area (Å²) in [6.07, 6.45) is 0. The summed E-state index contributed by atoms with van der Waals surface area (Å²) in [5.41, 5.74) is 4.20. The lowest BCUT2D eigenvalue weighted by molar-refractivity contribution is 0.623. The Bertz CT molecular complexity index is 593. The van der Waals surface area contributed by atoms with E-state index < -0.39 is 0 Å². The van der Waals surface area contributed by atoms with Crippen LogP contribution < -0.4 is 5.32 Å². The number of rotatable bonds is 4. The molecular weight excluding hydrogens is 326 g/mol. The first-order valence-corrected chi connectivity index (χ1v) is 7.41. The first-order valence-electron chi connectivity index (χ1n) is 6.24. The van der Waals surface area contributed by atoms with Crippen LogP contribution >= 0.6 is 27.5 Å². The van der Waals surface area contributed by atoms with Crippen molar-refractivity contribution in [1.29, 1.82) is 0 Å². The van der Waals surface area contributed by atoms with E-state index in [0.29, 0.717) is 6.54 Å². The van der Waals surface area contributed by atoms with Gasteiger partial charge in [0.1, 0.15) is 0 Å². The highest BCUT2D eigenvalue weighted by Crippen LogP contribution is 2.23. The molecule has 5 heteroatoms. The van der Waals surface area contributed by atoms with Crippen molar-refractivity contribution < 1.29 is 0 Å². The summed E-state index contributed by atoms with van der Waals surface area (Å²) in [7, 11) is 0. The second-order valence-corrected chi connectivity index (χ2v) is 5.71. The number of benzene rings is 1. The third-order valence-corrected chi connectivity index (χ3v) is 4.45. The zero-order valence-corrected chi connectivity index (χ0v) is 13.6. The lowest BCUT2D eigenvalue weighted by Gasteiger charge is -2.10. The summed E-state index contributed by atoms with van der Waals surface area (Å²) in [6.45, 7) is 7.57. The highest BCUT2D eigenvalue weighted by Gasteiger charge is 2.12. The van der Waals surface area contributed by atoms with E-state index >= 15 is 0 Å². The fourth-order valence-electron chi connectivity index (χ4n) is 1.98. The minimum atomic E-state index is 0.675. The average molecular weight is 343 g/mol. The molecule has 0 radical (unpaired) electrons. The van der Waals surface area contributed by atoms with Crippen molar-refractivity contribution in [2.24, 2.45) is 0 Å². The van der Waals surface area contributed by atoms with Gasteiger partial charge in [0.15, 0.2) is 0 Å². The number of nitrogens with one attached hydrogen (secondary N) is 1. The van der Waals surface area contributed by atoms with Crippen LogP contribution in [0.5, 0.6) is 0 Å². The van der Waals surface area contributed by atoms with Gasteiger partial charge in [-0.1, -0.05) is 27.5 Å². The van der Waals surface area contributed by atoms with Gasteiger partial charge in [0.25, 0.3) is 0 Å². The number of anilines is 1. The quantitative estimate of drug-likeness (QED) is 0.883. The van der Waals surface area contributed by atoms with E-state index in [1.807, 2.05) is 23.7 Å². The standard InChI is InChI=1S/C14H17BrClN3/c1-4-19-13(14(16)10(3)18-19)8-17-11-5-6-12(15)9(2)7-11/h5-7,17H,4,8H2,1-3H3. The number of aromatic nitrogens is 2. The maximum absolute atomic E-state index is 6.28. The van der Waals surface area contributed by atoms with Crippen LogP contribution in [0.2, 0.25) is 5.02 Å². The van der Waals surface area contributed by atoms with Crippen LogP contribution in [0.4, 0.5) is 5.69 Å². The topological polar surface area (TPSA) is 29.9 Å². The largest absolute Gasteiger partial charge is 0.379 e. The Hall–Kier alpha value is -1.000. The van der Waals surface area contributed by atoms with Gasteiger partial charge in [-0.2, -0.15) is 5.10 Å². The molecule has 0 spiro atoms. The maximum atomic E-state index is 6.28. The molecule has 3 nitrogen and oxygen atoms in total. The lowest BCUT2D eigenvalue weighted by Crippen LogP contribution is -2.08. The van der Waals surface area contributed by atoms with Crippen LogP contribution in [0.25, 0.3) is 0 Å². The van der Waals surface area contributed by atoms with E-state index in [4.69, 9.17) is 11.6 Å². The van der Waals surface area contributed by atoms with E-state index in [0.717, 1.165) is 33.1 Å². The van der Waals surface area contributed by atoms with Gasteiger partial charge in [0.2, 0.25) is 0 Å². The van der Waals surface area contributed by atoms with Crippen LogP contribution in [-0.4, -0.2) is 9.78 Å². The first kappa shape index (κ1) is 14.4. The molecule has 0 aliphatic carbocycles. The van der Waals surface area contributed by atoms with E-state index in [9.17, 15) is 0 Å². The van der Waals surface area contributed by atoms with Crippen molar-refractivity contribution >= 4 is 33.2 Å². The minimum Gasteiger partial charge on any atom is -0.379 e. The van der Waals surface area contributed by atoms with Crippen molar-refractivity contribution in [1.82, 2.24) is 9.78 Å². The van der Waals surface area contributed by atoms with E-state index in [1.165, 1.54) is 5.56 Å². The molecule has 2 aromatic rings. The molecule has 0 amide bonds. The first-order chi connectivity index (χ1) is 9.02. The molecular formula is C14H17BrClN3. The summed E-state index contributed by atoms with van der Waals surface area (Å²) >= 11 is 9.78. The fraction of sp³-hybridized carbons (Fsp3) is 0.357. The van der Waals surface area contributed by atoms with Gasteiger partial charge < -0.3 is 5.32 Å². The SMILES string of the molecule is CCn1nc(C)c(Cl)c1CNc1ccc(Br)c(C)c1. The summed E-state index contributed by atoms with van der Waals surface area (Å²) in [5.74, 6) is 0. The van der Waals surface area contributed by atoms with E-state index in [1.54, 1.807) is 0 Å². The molecule has 0 saturated carbocycles. The molecule has 0 unspecified atom stereocenters. The Morgan fingerprint density at radius 1 is 1.37 bits per heavy atom. The van der Waals surface area contributed by atoms with E-state index in [-0.39, 0.29) is 0 Å².